The van der Waals surface area contributed by atoms with E-state index < -0.39 is 0 Å². The van der Waals surface area contributed by atoms with Gasteiger partial charge >= 0.3 is 0 Å². The summed E-state index contributed by atoms with van der Waals surface area (Å²) >= 11 is 0. The zero-order valence-corrected chi connectivity index (χ0v) is 37.8. The minimum Gasteiger partial charge on any atom is -0.456 e. The van der Waals surface area contributed by atoms with E-state index in [1.165, 1.54) is 21.8 Å². The summed E-state index contributed by atoms with van der Waals surface area (Å²) in [5.41, 5.74) is 17.3. The Morgan fingerprint density at radius 1 is 0.314 bits per heavy atom. The van der Waals surface area contributed by atoms with Crippen molar-refractivity contribution >= 4 is 65.4 Å². The summed E-state index contributed by atoms with van der Waals surface area (Å²) in [4.78, 5) is 15.7. The quantitative estimate of drug-likeness (QED) is 0.150. The van der Waals surface area contributed by atoms with Crippen molar-refractivity contribution in [1.82, 2.24) is 19.5 Å². The van der Waals surface area contributed by atoms with Gasteiger partial charge in [-0.15, -0.1) is 0 Å². The number of pyridine rings is 1. The first-order valence-electron chi connectivity index (χ1n) is 23.7. The maximum atomic E-state index is 6.64. The van der Waals surface area contributed by atoms with E-state index in [2.05, 4.69) is 217 Å². The van der Waals surface area contributed by atoms with Gasteiger partial charge < -0.3 is 8.98 Å². The van der Waals surface area contributed by atoms with E-state index in [0.717, 1.165) is 111 Å². The minimum atomic E-state index is 0.683. The topological polar surface area (TPSA) is 56.7 Å². The van der Waals surface area contributed by atoms with Gasteiger partial charge in [0.15, 0.2) is 5.82 Å². The van der Waals surface area contributed by atoms with Crippen LogP contribution in [0, 0.1) is 0 Å². The van der Waals surface area contributed by atoms with Crippen LogP contribution in [0.4, 0.5) is 0 Å². The van der Waals surface area contributed by atoms with Crippen molar-refractivity contribution in [2.75, 3.05) is 0 Å². The molecule has 0 aliphatic heterocycles. The van der Waals surface area contributed by atoms with Gasteiger partial charge in [-0.1, -0.05) is 194 Å². The van der Waals surface area contributed by atoms with Crippen LogP contribution in [-0.4, -0.2) is 19.5 Å². The number of nitrogens with zero attached hydrogens (tertiary/aromatic N) is 4. The molecule has 0 aliphatic carbocycles. The third-order valence-corrected chi connectivity index (χ3v) is 13.8. The normalized spacial score (nSPS) is 11.7. The van der Waals surface area contributed by atoms with E-state index in [4.69, 9.17) is 19.4 Å². The van der Waals surface area contributed by atoms with Crippen molar-refractivity contribution in [1.29, 1.82) is 0 Å². The first-order chi connectivity index (χ1) is 34.7. The Labute approximate surface area is 403 Å². The van der Waals surface area contributed by atoms with Crippen molar-refractivity contribution in [2.24, 2.45) is 0 Å². The van der Waals surface area contributed by atoms with Crippen molar-refractivity contribution in [3.63, 3.8) is 0 Å². The molecule has 0 aliphatic rings. The van der Waals surface area contributed by atoms with Crippen LogP contribution in [0.2, 0.25) is 0 Å². The summed E-state index contributed by atoms with van der Waals surface area (Å²) in [7, 11) is 0. The number of rotatable bonds is 7. The first kappa shape index (κ1) is 39.7. The zero-order chi connectivity index (χ0) is 46.1. The van der Waals surface area contributed by atoms with Gasteiger partial charge in [-0.05, 0) is 65.2 Å². The van der Waals surface area contributed by atoms with Crippen LogP contribution in [0.1, 0.15) is 0 Å². The van der Waals surface area contributed by atoms with Gasteiger partial charge in [-0.25, -0.2) is 15.0 Å². The summed E-state index contributed by atoms with van der Waals surface area (Å²) in [6.07, 6.45) is 0. The fourth-order valence-electron chi connectivity index (χ4n) is 10.5. The summed E-state index contributed by atoms with van der Waals surface area (Å²) < 4.78 is 8.99. The van der Waals surface area contributed by atoms with Crippen LogP contribution in [-0.2, 0) is 0 Å². The van der Waals surface area contributed by atoms with Gasteiger partial charge in [0.2, 0.25) is 0 Å². The number of hydrogen-bond donors (Lipinski definition) is 0. The molecule has 4 aromatic heterocycles. The van der Waals surface area contributed by atoms with Crippen molar-refractivity contribution in [2.45, 2.75) is 0 Å². The second kappa shape index (κ2) is 16.1. The lowest BCUT2D eigenvalue weighted by Crippen LogP contribution is -1.97. The van der Waals surface area contributed by atoms with Crippen LogP contribution in [0.5, 0.6) is 0 Å². The van der Waals surface area contributed by atoms with E-state index >= 15 is 0 Å². The Kier molecular flexibility index (Phi) is 9.14. The standard InChI is InChI=1S/C65H40N4O/c1-3-16-45(17-4-1)64-53-39-60-63(52-25-10-14-29-59(52)70-60)61(62(53)51-24-7-11-26-54(51)66-64)44-36-32-42(33-37-44)41-30-34-43(35-31-41)55-40-56(68-65(67-55)46-18-5-2-6-19-46)47-20-15-21-48(38-47)69-57-27-12-8-22-49(57)50-23-9-13-28-58(50)69/h1-40H. The monoisotopic (exact) mass is 892 g/mol. The van der Waals surface area contributed by atoms with E-state index in [1.54, 1.807) is 0 Å². The molecule has 10 aromatic carbocycles. The highest BCUT2D eigenvalue weighted by atomic mass is 16.3. The average molecular weight is 893 g/mol. The molecule has 70 heavy (non-hydrogen) atoms. The third kappa shape index (κ3) is 6.51. The van der Waals surface area contributed by atoms with Crippen LogP contribution >= 0.6 is 0 Å². The minimum absolute atomic E-state index is 0.683. The molecule has 5 heteroatoms. The molecule has 0 fully saturated rings. The number of aromatic nitrogens is 4. The SMILES string of the molecule is c1ccc(-c2nc(-c3ccc(-c4ccc(-c5c6c(cc7c(-c8ccccc8)nc8ccccc8c57)oc5ccccc56)cc4)cc3)cc(-c3cccc(-n4c5ccccc5c5ccccc54)c3)n2)cc1. The van der Waals surface area contributed by atoms with Crippen LogP contribution in [0.3, 0.4) is 0 Å². The number of benzene rings is 10. The molecule has 0 spiro atoms. The molecule has 0 radical (unpaired) electrons. The molecule has 0 N–H and O–H groups in total. The fraction of sp³-hybridized carbons (Fsp3) is 0. The van der Waals surface area contributed by atoms with Crippen LogP contribution in [0.25, 0.3) is 139 Å². The highest BCUT2D eigenvalue weighted by molar-refractivity contribution is 6.27. The third-order valence-electron chi connectivity index (χ3n) is 13.8. The van der Waals surface area contributed by atoms with Gasteiger partial charge in [0.1, 0.15) is 11.2 Å². The maximum absolute atomic E-state index is 6.64. The summed E-state index contributed by atoms with van der Waals surface area (Å²) in [6, 6.07) is 85.5. The van der Waals surface area contributed by atoms with Gasteiger partial charge in [-0.3, -0.25) is 0 Å². The van der Waals surface area contributed by atoms with E-state index in [0.29, 0.717) is 5.82 Å². The molecular weight excluding hydrogens is 853 g/mol. The largest absolute Gasteiger partial charge is 0.456 e. The first-order valence-corrected chi connectivity index (χ1v) is 23.7. The number of para-hydroxylation sites is 4. The lowest BCUT2D eigenvalue weighted by atomic mass is 9.89. The predicted molar refractivity (Wildman–Crippen MR) is 289 cm³/mol. The lowest BCUT2D eigenvalue weighted by Gasteiger charge is -2.16. The second-order valence-electron chi connectivity index (χ2n) is 17.9. The van der Waals surface area contributed by atoms with E-state index in [9.17, 15) is 0 Å². The molecule has 0 saturated heterocycles. The molecule has 14 rings (SSSR count). The molecule has 0 bridgehead atoms. The lowest BCUT2D eigenvalue weighted by molar-refractivity contribution is 0.669. The molecule has 14 aromatic rings. The Morgan fingerprint density at radius 3 is 1.56 bits per heavy atom. The molecule has 0 unspecified atom stereocenters. The molecule has 0 amide bonds. The molecule has 326 valence electrons. The van der Waals surface area contributed by atoms with Crippen LogP contribution in [0.15, 0.2) is 247 Å². The second-order valence-corrected chi connectivity index (χ2v) is 17.9. The van der Waals surface area contributed by atoms with Gasteiger partial charge in [0.25, 0.3) is 0 Å². The Morgan fingerprint density at radius 2 is 0.857 bits per heavy atom. The number of furan rings is 1. The summed E-state index contributed by atoms with van der Waals surface area (Å²) in [5.74, 6) is 0.683. The Bertz CT molecular complexity index is 4270. The van der Waals surface area contributed by atoms with Gasteiger partial charge in [-0.2, -0.15) is 0 Å². The van der Waals surface area contributed by atoms with Crippen molar-refractivity contribution < 1.29 is 4.42 Å². The van der Waals surface area contributed by atoms with Crippen molar-refractivity contribution in [3.05, 3.63) is 243 Å². The molecule has 5 nitrogen and oxygen atoms in total. The van der Waals surface area contributed by atoms with Gasteiger partial charge in [0, 0.05) is 71.2 Å². The number of hydrogen-bond acceptors (Lipinski definition) is 4. The highest BCUT2D eigenvalue weighted by Crippen LogP contribution is 2.46. The summed E-state index contributed by atoms with van der Waals surface area (Å²) in [5, 5.41) is 8.00. The zero-order valence-electron chi connectivity index (χ0n) is 37.8. The Hall–Kier alpha value is -9.45. The van der Waals surface area contributed by atoms with Crippen LogP contribution < -0.4 is 0 Å². The molecular formula is C65H40N4O. The average Bonchev–Trinajstić information content (AvgIpc) is 3.98. The smallest absolute Gasteiger partial charge is 0.160 e. The molecule has 4 heterocycles. The highest BCUT2D eigenvalue weighted by Gasteiger charge is 2.22. The van der Waals surface area contributed by atoms with E-state index in [-0.39, 0.29) is 0 Å². The maximum Gasteiger partial charge on any atom is 0.160 e. The summed E-state index contributed by atoms with van der Waals surface area (Å²) in [6.45, 7) is 0. The molecule has 0 saturated carbocycles. The Balaban J connectivity index is 0.867. The molecule has 0 atom stereocenters. The fourth-order valence-corrected chi connectivity index (χ4v) is 10.5. The van der Waals surface area contributed by atoms with Gasteiger partial charge in [0.05, 0.1) is 33.6 Å². The predicted octanol–water partition coefficient (Wildman–Crippen LogP) is 17.2. The number of fused-ring (bicyclic) bond motifs is 9. The van der Waals surface area contributed by atoms with Crippen molar-refractivity contribution in [3.8, 4) is 73.1 Å². The van der Waals surface area contributed by atoms with E-state index in [1.807, 2.05) is 30.3 Å².